The van der Waals surface area contributed by atoms with Crippen molar-refractivity contribution in [3.63, 3.8) is 0 Å². The van der Waals surface area contributed by atoms with E-state index in [1.807, 2.05) is 66.7 Å². The second kappa shape index (κ2) is 8.59. The highest BCUT2D eigenvalue weighted by Gasteiger charge is 2.29. The molecule has 1 N–H and O–H groups in total. The molecular formula is C23H23N3O2S. The van der Waals surface area contributed by atoms with Crippen molar-refractivity contribution in [2.45, 2.75) is 17.7 Å². The lowest BCUT2D eigenvalue weighted by Gasteiger charge is -2.18. The third-order valence-corrected chi connectivity index (χ3v) is 6.91. The topological polar surface area (TPSA) is 61.8 Å². The third kappa shape index (κ3) is 4.23. The van der Waals surface area contributed by atoms with Gasteiger partial charge in [-0.25, -0.2) is 8.42 Å². The molecule has 0 bridgehead atoms. The Hall–Kier alpha value is -2.96. The van der Waals surface area contributed by atoms with E-state index in [1.165, 1.54) is 0 Å². The Morgan fingerprint density at radius 1 is 0.759 bits per heavy atom. The van der Waals surface area contributed by atoms with Crippen molar-refractivity contribution in [3.05, 3.63) is 96.1 Å². The maximum atomic E-state index is 13.1. The average Bonchev–Trinajstić information content (AvgIpc) is 3.32. The summed E-state index contributed by atoms with van der Waals surface area (Å²) in [5.74, 6) is 0. The zero-order chi connectivity index (χ0) is 20.1. The van der Waals surface area contributed by atoms with E-state index in [2.05, 4.69) is 10.5 Å². The normalized spacial score (nSPS) is 14.5. The molecule has 5 nitrogen and oxygen atoms in total. The largest absolute Gasteiger partial charge is 0.277 e. The average molecular weight is 406 g/mol. The number of hydrogen-bond acceptors (Lipinski definition) is 4. The first-order valence-corrected chi connectivity index (χ1v) is 11.1. The Bertz CT molecular complexity index is 1050. The Labute approximate surface area is 171 Å². The maximum Gasteiger partial charge on any atom is 0.245 e. The van der Waals surface area contributed by atoms with Gasteiger partial charge in [0.1, 0.15) is 4.90 Å². The predicted octanol–water partition coefficient (Wildman–Crippen LogP) is 4.34. The van der Waals surface area contributed by atoms with Crippen LogP contribution in [0.25, 0.3) is 0 Å². The minimum absolute atomic E-state index is 0.256. The summed E-state index contributed by atoms with van der Waals surface area (Å²) in [7, 11) is -3.54. The molecule has 3 aromatic carbocycles. The van der Waals surface area contributed by atoms with Crippen LogP contribution in [0.3, 0.4) is 0 Å². The maximum absolute atomic E-state index is 13.1. The molecule has 1 heterocycles. The number of anilines is 1. The van der Waals surface area contributed by atoms with Crippen LogP contribution in [-0.4, -0.2) is 31.5 Å². The van der Waals surface area contributed by atoms with Crippen molar-refractivity contribution in [3.8, 4) is 0 Å². The molecule has 0 unspecified atom stereocenters. The zero-order valence-corrected chi connectivity index (χ0v) is 16.8. The SMILES string of the molecule is O=S(=O)(c1ccccc1NN=C(c1ccccc1)c1ccccc1)N1CCCC1. The number of hydrazone groups is 1. The minimum atomic E-state index is -3.54. The summed E-state index contributed by atoms with van der Waals surface area (Å²) in [4.78, 5) is 0.256. The molecule has 6 heteroatoms. The lowest BCUT2D eigenvalue weighted by molar-refractivity contribution is 0.478. The monoisotopic (exact) mass is 405 g/mol. The molecule has 148 valence electrons. The molecule has 0 spiro atoms. The van der Waals surface area contributed by atoms with Gasteiger partial charge in [-0.05, 0) is 25.0 Å². The van der Waals surface area contributed by atoms with Crippen molar-refractivity contribution >= 4 is 21.4 Å². The summed E-state index contributed by atoms with van der Waals surface area (Å²) in [6, 6.07) is 26.6. The van der Waals surface area contributed by atoms with Crippen molar-refractivity contribution in [1.82, 2.24) is 4.31 Å². The van der Waals surface area contributed by atoms with Crippen LogP contribution in [0.5, 0.6) is 0 Å². The fraction of sp³-hybridized carbons (Fsp3) is 0.174. The molecule has 0 aliphatic carbocycles. The summed E-state index contributed by atoms with van der Waals surface area (Å²) in [5.41, 5.74) is 6.15. The number of nitrogens with zero attached hydrogens (tertiary/aromatic N) is 2. The van der Waals surface area contributed by atoms with Crippen LogP contribution >= 0.6 is 0 Å². The number of para-hydroxylation sites is 1. The Balaban J connectivity index is 1.72. The van der Waals surface area contributed by atoms with Crippen LogP contribution in [-0.2, 0) is 10.0 Å². The van der Waals surface area contributed by atoms with E-state index in [9.17, 15) is 8.42 Å². The molecule has 29 heavy (non-hydrogen) atoms. The Morgan fingerprint density at radius 2 is 1.28 bits per heavy atom. The minimum Gasteiger partial charge on any atom is -0.277 e. The molecule has 4 rings (SSSR count). The van der Waals surface area contributed by atoms with Gasteiger partial charge in [0, 0.05) is 24.2 Å². The van der Waals surface area contributed by atoms with Gasteiger partial charge >= 0.3 is 0 Å². The first-order valence-electron chi connectivity index (χ1n) is 9.70. The molecule has 0 aromatic heterocycles. The van der Waals surface area contributed by atoms with Gasteiger partial charge in [0.05, 0.1) is 11.4 Å². The van der Waals surface area contributed by atoms with Crippen LogP contribution < -0.4 is 5.43 Å². The summed E-state index contributed by atoms with van der Waals surface area (Å²) in [5, 5.41) is 4.62. The third-order valence-electron chi connectivity index (χ3n) is 4.95. The van der Waals surface area contributed by atoms with Gasteiger partial charge in [-0.3, -0.25) is 5.43 Å². The lowest BCUT2D eigenvalue weighted by Crippen LogP contribution is -2.28. The second-order valence-electron chi connectivity index (χ2n) is 6.91. The molecule has 1 fully saturated rings. The fourth-order valence-corrected chi connectivity index (χ4v) is 5.11. The summed E-state index contributed by atoms with van der Waals surface area (Å²) >= 11 is 0. The zero-order valence-electron chi connectivity index (χ0n) is 16.0. The highest BCUT2D eigenvalue weighted by atomic mass is 32.2. The lowest BCUT2D eigenvalue weighted by atomic mass is 10.0. The fourth-order valence-electron chi connectivity index (χ4n) is 3.46. The van der Waals surface area contributed by atoms with E-state index in [0.29, 0.717) is 18.8 Å². The van der Waals surface area contributed by atoms with Crippen molar-refractivity contribution in [2.24, 2.45) is 5.10 Å². The molecule has 1 saturated heterocycles. The molecule has 0 radical (unpaired) electrons. The van der Waals surface area contributed by atoms with Crippen LogP contribution in [0.2, 0.25) is 0 Å². The van der Waals surface area contributed by atoms with E-state index >= 15 is 0 Å². The summed E-state index contributed by atoms with van der Waals surface area (Å²) in [6.45, 7) is 1.14. The van der Waals surface area contributed by atoms with Crippen LogP contribution in [0, 0.1) is 0 Å². The van der Waals surface area contributed by atoms with Gasteiger partial charge in [0.2, 0.25) is 10.0 Å². The quantitative estimate of drug-likeness (QED) is 0.490. The van der Waals surface area contributed by atoms with Crippen molar-refractivity contribution in [1.29, 1.82) is 0 Å². The van der Waals surface area contributed by atoms with Gasteiger partial charge in [0.15, 0.2) is 0 Å². The van der Waals surface area contributed by atoms with E-state index in [0.717, 1.165) is 29.7 Å². The standard InChI is InChI=1S/C23H23N3O2S/c27-29(28,26-17-9-10-18-26)22-16-8-7-15-21(22)24-25-23(19-11-3-1-4-12-19)20-13-5-2-6-14-20/h1-8,11-16,24H,9-10,17-18H2. The molecule has 0 atom stereocenters. The van der Waals surface area contributed by atoms with Gasteiger partial charge in [-0.15, -0.1) is 0 Å². The molecule has 0 amide bonds. The molecular weight excluding hydrogens is 382 g/mol. The summed E-state index contributed by atoms with van der Waals surface area (Å²) < 4.78 is 27.7. The van der Waals surface area contributed by atoms with Crippen LogP contribution in [0.4, 0.5) is 5.69 Å². The smallest absolute Gasteiger partial charge is 0.245 e. The van der Waals surface area contributed by atoms with Crippen LogP contribution in [0.15, 0.2) is 94.9 Å². The van der Waals surface area contributed by atoms with Crippen LogP contribution in [0.1, 0.15) is 24.0 Å². The van der Waals surface area contributed by atoms with E-state index in [4.69, 9.17) is 0 Å². The van der Waals surface area contributed by atoms with E-state index in [-0.39, 0.29) is 4.90 Å². The molecule has 1 aliphatic heterocycles. The first-order chi connectivity index (χ1) is 14.2. The Morgan fingerprint density at radius 3 is 1.86 bits per heavy atom. The number of hydrogen-bond donors (Lipinski definition) is 1. The highest BCUT2D eigenvalue weighted by Crippen LogP contribution is 2.27. The van der Waals surface area contributed by atoms with Crippen molar-refractivity contribution < 1.29 is 8.42 Å². The number of rotatable bonds is 6. The van der Waals surface area contributed by atoms with Crippen molar-refractivity contribution in [2.75, 3.05) is 18.5 Å². The predicted molar refractivity (Wildman–Crippen MR) is 117 cm³/mol. The summed E-state index contributed by atoms with van der Waals surface area (Å²) in [6.07, 6.45) is 1.80. The van der Waals surface area contributed by atoms with Gasteiger partial charge in [0.25, 0.3) is 0 Å². The first kappa shape index (κ1) is 19.4. The number of sulfonamides is 1. The molecule has 0 saturated carbocycles. The molecule has 1 aliphatic rings. The van der Waals surface area contributed by atoms with Gasteiger partial charge < -0.3 is 0 Å². The number of nitrogens with one attached hydrogen (secondary N) is 1. The van der Waals surface area contributed by atoms with Gasteiger partial charge in [-0.1, -0.05) is 72.8 Å². The Kier molecular flexibility index (Phi) is 5.74. The molecule has 3 aromatic rings. The van der Waals surface area contributed by atoms with Gasteiger partial charge in [-0.2, -0.15) is 9.41 Å². The van der Waals surface area contributed by atoms with E-state index < -0.39 is 10.0 Å². The van der Waals surface area contributed by atoms with E-state index in [1.54, 1.807) is 22.5 Å². The highest BCUT2D eigenvalue weighted by molar-refractivity contribution is 7.89. The second-order valence-corrected chi connectivity index (χ2v) is 8.82. The number of benzene rings is 3.